The largest absolute Gasteiger partial charge is 0.116 e. The van der Waals surface area contributed by atoms with E-state index in [0.717, 1.165) is 0 Å². The summed E-state index contributed by atoms with van der Waals surface area (Å²) in [5.41, 5.74) is 1.18. The van der Waals surface area contributed by atoms with E-state index in [2.05, 4.69) is 0 Å². The van der Waals surface area contributed by atoms with Gasteiger partial charge in [-0.3, -0.25) is 0 Å². The van der Waals surface area contributed by atoms with Crippen LogP contribution in [-0.2, 0) is 0 Å². The molecule has 1 rings (SSSR count). The number of allylic oxidation sites excluding steroid dienone is 4. The lowest BCUT2D eigenvalue weighted by atomic mass is 9.98. The minimum Gasteiger partial charge on any atom is -0.116 e. The van der Waals surface area contributed by atoms with Gasteiger partial charge in [0.2, 0.25) is 0 Å². The molecule has 1 aliphatic carbocycles. The van der Waals surface area contributed by atoms with E-state index in [-0.39, 0.29) is 5.38 Å². The first kappa shape index (κ1) is 8.16. The second-order valence-corrected chi connectivity index (χ2v) is 4.08. The third-order valence-corrected chi connectivity index (χ3v) is 2.67. The Balaban J connectivity index is 2.84. The summed E-state index contributed by atoms with van der Waals surface area (Å²) in [6.07, 6.45) is 5.89. The maximum absolute atomic E-state index is 6.02. The van der Waals surface area contributed by atoms with Crippen LogP contribution in [0.15, 0.2) is 23.8 Å². The average Bonchev–Trinajstić information content (AvgIpc) is 1.81. The summed E-state index contributed by atoms with van der Waals surface area (Å²) in [5.74, 6) is 0. The molecule has 0 spiro atoms. The molecular weight excluding hydrogens is 167 g/mol. The van der Waals surface area contributed by atoms with Crippen molar-refractivity contribution in [3.63, 3.8) is 0 Å². The number of alkyl halides is 2. The van der Waals surface area contributed by atoms with Crippen molar-refractivity contribution in [3.8, 4) is 0 Å². The normalized spacial score (nSPS) is 39.6. The van der Waals surface area contributed by atoms with Crippen LogP contribution < -0.4 is 0 Å². The summed E-state index contributed by atoms with van der Waals surface area (Å²) >= 11 is 12.0. The lowest BCUT2D eigenvalue weighted by Crippen LogP contribution is -2.27. The number of hydrogen-bond donors (Lipinski definition) is 0. The second-order valence-electron chi connectivity index (χ2n) is 2.80. The van der Waals surface area contributed by atoms with Crippen molar-refractivity contribution in [2.24, 2.45) is 0 Å². The van der Waals surface area contributed by atoms with Crippen molar-refractivity contribution >= 4 is 23.2 Å². The van der Waals surface area contributed by atoms with Gasteiger partial charge in [-0.05, 0) is 13.8 Å². The highest BCUT2D eigenvalue weighted by Crippen LogP contribution is 2.31. The predicted molar refractivity (Wildman–Crippen MR) is 46.8 cm³/mol. The van der Waals surface area contributed by atoms with Gasteiger partial charge in [0.05, 0.1) is 10.3 Å². The molecule has 0 saturated heterocycles. The van der Waals surface area contributed by atoms with Crippen LogP contribution in [0.1, 0.15) is 13.8 Å². The molecule has 0 N–H and O–H groups in total. The Labute approximate surface area is 71.5 Å². The summed E-state index contributed by atoms with van der Waals surface area (Å²) in [5, 5.41) is -0.0841. The molecular formula is C8H10Cl2. The van der Waals surface area contributed by atoms with E-state index in [1.165, 1.54) is 5.57 Å². The zero-order valence-corrected chi connectivity index (χ0v) is 7.58. The molecule has 0 radical (unpaired) electrons. The molecule has 56 valence electrons. The first-order valence-electron chi connectivity index (χ1n) is 3.23. The van der Waals surface area contributed by atoms with Gasteiger partial charge in [0.1, 0.15) is 0 Å². The number of hydrogen-bond acceptors (Lipinski definition) is 0. The Bertz CT molecular complexity index is 189. The summed E-state index contributed by atoms with van der Waals surface area (Å²) < 4.78 is 0. The van der Waals surface area contributed by atoms with E-state index in [1.54, 1.807) is 0 Å². The maximum atomic E-state index is 6.02. The SMILES string of the molecule is CC1=CC(Cl)C(C)(Cl)C=C1. The average molecular weight is 177 g/mol. The van der Waals surface area contributed by atoms with Crippen molar-refractivity contribution in [1.82, 2.24) is 0 Å². The van der Waals surface area contributed by atoms with E-state index in [1.807, 2.05) is 32.1 Å². The van der Waals surface area contributed by atoms with Crippen LogP contribution in [-0.4, -0.2) is 10.3 Å². The van der Waals surface area contributed by atoms with Crippen LogP contribution in [0.3, 0.4) is 0 Å². The molecule has 0 saturated carbocycles. The van der Waals surface area contributed by atoms with Gasteiger partial charge >= 0.3 is 0 Å². The first-order valence-corrected chi connectivity index (χ1v) is 4.04. The summed E-state index contributed by atoms with van der Waals surface area (Å²) in [7, 11) is 0. The van der Waals surface area contributed by atoms with Gasteiger partial charge in [0, 0.05) is 0 Å². The molecule has 2 unspecified atom stereocenters. The van der Waals surface area contributed by atoms with E-state index in [9.17, 15) is 0 Å². The Morgan fingerprint density at radius 3 is 2.60 bits per heavy atom. The monoisotopic (exact) mass is 176 g/mol. The zero-order valence-electron chi connectivity index (χ0n) is 6.07. The molecule has 0 fully saturated rings. The minimum absolute atomic E-state index is 0.0841. The topological polar surface area (TPSA) is 0 Å². The lowest BCUT2D eigenvalue weighted by molar-refractivity contribution is 0.784. The molecule has 0 heterocycles. The van der Waals surface area contributed by atoms with Crippen molar-refractivity contribution in [2.75, 3.05) is 0 Å². The van der Waals surface area contributed by atoms with Crippen LogP contribution in [0.25, 0.3) is 0 Å². The van der Waals surface area contributed by atoms with Crippen molar-refractivity contribution < 1.29 is 0 Å². The van der Waals surface area contributed by atoms with Gasteiger partial charge in [0.15, 0.2) is 0 Å². The summed E-state index contributed by atoms with van der Waals surface area (Å²) in [6, 6.07) is 0. The van der Waals surface area contributed by atoms with Crippen LogP contribution in [0.2, 0.25) is 0 Å². The Morgan fingerprint density at radius 2 is 2.20 bits per heavy atom. The Hall–Kier alpha value is 0.0600. The van der Waals surface area contributed by atoms with Gasteiger partial charge in [-0.25, -0.2) is 0 Å². The van der Waals surface area contributed by atoms with Crippen molar-refractivity contribution in [1.29, 1.82) is 0 Å². The van der Waals surface area contributed by atoms with Crippen molar-refractivity contribution in [3.05, 3.63) is 23.8 Å². The summed E-state index contributed by atoms with van der Waals surface area (Å²) in [6.45, 7) is 3.92. The Morgan fingerprint density at radius 1 is 1.60 bits per heavy atom. The van der Waals surface area contributed by atoms with Gasteiger partial charge in [-0.15, -0.1) is 23.2 Å². The molecule has 0 aliphatic heterocycles. The molecule has 1 aliphatic rings. The Kier molecular flexibility index (Phi) is 2.12. The molecule has 0 aromatic carbocycles. The number of halogens is 2. The molecule has 0 bridgehead atoms. The molecule has 0 aromatic rings. The third kappa shape index (κ3) is 1.56. The van der Waals surface area contributed by atoms with Crippen LogP contribution >= 0.6 is 23.2 Å². The fraction of sp³-hybridized carbons (Fsp3) is 0.500. The van der Waals surface area contributed by atoms with Crippen molar-refractivity contribution in [2.45, 2.75) is 24.1 Å². The van der Waals surface area contributed by atoms with Crippen LogP contribution in [0.5, 0.6) is 0 Å². The maximum Gasteiger partial charge on any atom is 0.0799 e. The smallest absolute Gasteiger partial charge is 0.0799 e. The molecule has 2 atom stereocenters. The van der Waals surface area contributed by atoms with Gasteiger partial charge in [-0.2, -0.15) is 0 Å². The molecule has 0 aromatic heterocycles. The van der Waals surface area contributed by atoms with E-state index in [4.69, 9.17) is 23.2 Å². The highest BCUT2D eigenvalue weighted by molar-refractivity contribution is 6.34. The third-order valence-electron chi connectivity index (χ3n) is 1.62. The highest BCUT2D eigenvalue weighted by Gasteiger charge is 2.27. The molecule has 10 heavy (non-hydrogen) atoms. The zero-order chi connectivity index (χ0) is 7.78. The number of rotatable bonds is 0. The van der Waals surface area contributed by atoms with Crippen LogP contribution in [0.4, 0.5) is 0 Å². The van der Waals surface area contributed by atoms with E-state index < -0.39 is 4.87 Å². The fourth-order valence-corrected chi connectivity index (χ4v) is 1.23. The predicted octanol–water partition coefficient (Wildman–Crippen LogP) is 3.11. The van der Waals surface area contributed by atoms with Gasteiger partial charge in [0.25, 0.3) is 0 Å². The molecule has 0 nitrogen and oxygen atoms in total. The molecule has 2 heteroatoms. The quantitative estimate of drug-likeness (QED) is 0.498. The first-order chi connectivity index (χ1) is 4.52. The van der Waals surface area contributed by atoms with E-state index in [0.29, 0.717) is 0 Å². The van der Waals surface area contributed by atoms with E-state index >= 15 is 0 Å². The van der Waals surface area contributed by atoms with Crippen LogP contribution in [0, 0.1) is 0 Å². The standard InChI is InChI=1S/C8H10Cl2/c1-6-3-4-8(2,10)7(9)5-6/h3-5,7H,1-2H3. The fourth-order valence-electron chi connectivity index (χ4n) is 0.836. The van der Waals surface area contributed by atoms with Gasteiger partial charge in [-0.1, -0.05) is 23.8 Å². The minimum atomic E-state index is -0.402. The molecule has 0 amide bonds. The lowest BCUT2D eigenvalue weighted by Gasteiger charge is -2.24. The van der Waals surface area contributed by atoms with Gasteiger partial charge < -0.3 is 0 Å². The summed E-state index contributed by atoms with van der Waals surface area (Å²) in [4.78, 5) is -0.402. The highest BCUT2D eigenvalue weighted by atomic mass is 35.5. The second kappa shape index (κ2) is 2.60.